The van der Waals surface area contributed by atoms with Crippen LogP contribution in [0, 0.1) is 0 Å². The molecule has 0 aromatic carbocycles. The number of aromatic nitrogens is 3. The Balaban J connectivity index is 1.51. The molecule has 2 aliphatic heterocycles. The zero-order valence-corrected chi connectivity index (χ0v) is 14.4. The van der Waals surface area contributed by atoms with E-state index < -0.39 is 6.43 Å². The highest BCUT2D eigenvalue weighted by Crippen LogP contribution is 2.40. The van der Waals surface area contributed by atoms with E-state index in [0.717, 1.165) is 36.9 Å². The molecule has 26 heavy (non-hydrogen) atoms. The van der Waals surface area contributed by atoms with Gasteiger partial charge in [-0.3, -0.25) is 9.69 Å². The number of piperazine rings is 1. The molecule has 0 spiro atoms. The third-order valence-electron chi connectivity index (χ3n) is 5.84. The lowest BCUT2D eigenvalue weighted by Crippen LogP contribution is -2.52. The van der Waals surface area contributed by atoms with Crippen LogP contribution >= 0.6 is 0 Å². The molecule has 4 heterocycles. The summed E-state index contributed by atoms with van der Waals surface area (Å²) in [6.45, 7) is 3.34. The van der Waals surface area contributed by atoms with E-state index in [1.807, 2.05) is 4.90 Å². The molecule has 3 aliphatic rings. The highest BCUT2D eigenvalue weighted by molar-refractivity contribution is 5.99. The molecule has 3 fully saturated rings. The summed E-state index contributed by atoms with van der Waals surface area (Å²) in [6.07, 6.45) is 2.96. The number of hydrogen-bond donors (Lipinski definition) is 0. The van der Waals surface area contributed by atoms with Gasteiger partial charge in [-0.05, 0) is 38.3 Å². The molecule has 138 valence electrons. The van der Waals surface area contributed by atoms with E-state index in [1.165, 1.54) is 18.7 Å². The van der Waals surface area contributed by atoms with E-state index in [2.05, 4.69) is 15.0 Å². The summed E-state index contributed by atoms with van der Waals surface area (Å²) < 4.78 is 28.1. The third-order valence-corrected chi connectivity index (χ3v) is 5.84. The van der Waals surface area contributed by atoms with Gasteiger partial charge in [0.1, 0.15) is 11.3 Å². The van der Waals surface area contributed by atoms with Crippen molar-refractivity contribution in [3.8, 4) is 0 Å². The Hall–Kier alpha value is -2.09. The molecule has 2 aromatic rings. The summed E-state index contributed by atoms with van der Waals surface area (Å²) in [4.78, 5) is 21.9. The molecule has 1 atom stereocenters. The normalized spacial score (nSPS) is 23.8. The minimum absolute atomic E-state index is 0.146. The standard InChI is InChI=1S/C18H21F2N5O/c19-16(20)15-8-14(11-3-4-11)22-17-13(9-21-25(15)17)18(26)24-7-6-23-5-1-2-12(23)10-24/h8-9,11-12,16H,1-7,10H2/t12-/m0/s1. The maximum Gasteiger partial charge on any atom is 0.280 e. The first-order valence-electron chi connectivity index (χ1n) is 9.32. The van der Waals surface area contributed by atoms with Gasteiger partial charge in [0.05, 0.1) is 6.20 Å². The molecule has 2 saturated heterocycles. The van der Waals surface area contributed by atoms with Crippen molar-refractivity contribution in [1.29, 1.82) is 0 Å². The molecular formula is C18H21F2N5O. The minimum Gasteiger partial charge on any atom is -0.336 e. The molecule has 0 radical (unpaired) electrons. The maximum absolute atomic E-state index is 13.5. The SMILES string of the molecule is O=C(c1cnn2c(C(F)F)cc(C3CC3)nc12)N1CCN2CCC[C@H]2C1. The number of halogens is 2. The lowest BCUT2D eigenvalue weighted by Gasteiger charge is -2.37. The number of carbonyl (C=O) groups excluding carboxylic acids is 1. The van der Waals surface area contributed by atoms with Crippen LogP contribution in [0.1, 0.15) is 59.8 Å². The largest absolute Gasteiger partial charge is 0.336 e. The second kappa shape index (κ2) is 5.97. The average molecular weight is 361 g/mol. The van der Waals surface area contributed by atoms with Crippen LogP contribution in [-0.2, 0) is 0 Å². The van der Waals surface area contributed by atoms with Gasteiger partial charge in [0.2, 0.25) is 0 Å². The quantitative estimate of drug-likeness (QED) is 0.843. The van der Waals surface area contributed by atoms with E-state index in [-0.39, 0.29) is 23.2 Å². The number of rotatable bonds is 3. The fourth-order valence-electron chi connectivity index (χ4n) is 4.25. The molecule has 1 aliphatic carbocycles. The van der Waals surface area contributed by atoms with Gasteiger partial charge in [0, 0.05) is 37.3 Å². The van der Waals surface area contributed by atoms with Crippen LogP contribution in [0.2, 0.25) is 0 Å². The zero-order chi connectivity index (χ0) is 17.8. The van der Waals surface area contributed by atoms with Gasteiger partial charge < -0.3 is 4.90 Å². The Morgan fingerprint density at radius 1 is 1.19 bits per heavy atom. The van der Waals surface area contributed by atoms with E-state index in [9.17, 15) is 13.6 Å². The van der Waals surface area contributed by atoms with Gasteiger partial charge in [-0.15, -0.1) is 0 Å². The number of nitrogens with zero attached hydrogens (tertiary/aromatic N) is 5. The maximum atomic E-state index is 13.5. The lowest BCUT2D eigenvalue weighted by atomic mass is 10.1. The molecule has 0 unspecified atom stereocenters. The van der Waals surface area contributed by atoms with Crippen LogP contribution in [-0.4, -0.2) is 62.5 Å². The van der Waals surface area contributed by atoms with Crippen molar-refractivity contribution in [2.24, 2.45) is 0 Å². The lowest BCUT2D eigenvalue weighted by molar-refractivity contribution is 0.0573. The van der Waals surface area contributed by atoms with Gasteiger partial charge in [-0.1, -0.05) is 0 Å². The summed E-state index contributed by atoms with van der Waals surface area (Å²) >= 11 is 0. The predicted molar refractivity (Wildman–Crippen MR) is 90.4 cm³/mol. The molecule has 8 heteroatoms. The van der Waals surface area contributed by atoms with Crippen molar-refractivity contribution in [1.82, 2.24) is 24.4 Å². The number of hydrogen-bond acceptors (Lipinski definition) is 4. The molecule has 1 amide bonds. The van der Waals surface area contributed by atoms with Gasteiger partial charge in [0.25, 0.3) is 12.3 Å². The molecule has 2 aromatic heterocycles. The third kappa shape index (κ3) is 2.58. The number of alkyl halides is 2. The van der Waals surface area contributed by atoms with Crippen molar-refractivity contribution in [2.75, 3.05) is 26.2 Å². The van der Waals surface area contributed by atoms with E-state index in [0.29, 0.717) is 30.4 Å². The first kappa shape index (κ1) is 16.1. The fraction of sp³-hybridized carbons (Fsp3) is 0.611. The van der Waals surface area contributed by atoms with Gasteiger partial charge in [-0.25, -0.2) is 18.3 Å². The van der Waals surface area contributed by atoms with Crippen molar-refractivity contribution < 1.29 is 13.6 Å². The summed E-state index contributed by atoms with van der Waals surface area (Å²) in [5, 5.41) is 4.06. The number of amides is 1. The minimum atomic E-state index is -2.65. The molecule has 0 bridgehead atoms. The van der Waals surface area contributed by atoms with Crippen LogP contribution in [0.3, 0.4) is 0 Å². The van der Waals surface area contributed by atoms with Crippen LogP contribution in [0.25, 0.3) is 5.65 Å². The first-order chi connectivity index (χ1) is 12.6. The summed E-state index contributed by atoms with van der Waals surface area (Å²) in [5.41, 5.74) is 1.07. The smallest absolute Gasteiger partial charge is 0.280 e. The summed E-state index contributed by atoms with van der Waals surface area (Å²) in [7, 11) is 0. The Labute approximate surface area is 149 Å². The number of carbonyl (C=O) groups is 1. The summed E-state index contributed by atoms with van der Waals surface area (Å²) in [5.74, 6) is 0.0876. The Bertz CT molecular complexity index is 863. The fourth-order valence-corrected chi connectivity index (χ4v) is 4.25. The van der Waals surface area contributed by atoms with Crippen LogP contribution < -0.4 is 0 Å². The average Bonchev–Trinajstić information content (AvgIpc) is 3.24. The molecule has 1 saturated carbocycles. The van der Waals surface area contributed by atoms with Crippen LogP contribution in [0.15, 0.2) is 12.3 Å². The summed E-state index contributed by atoms with van der Waals surface area (Å²) in [6, 6.07) is 1.86. The highest BCUT2D eigenvalue weighted by atomic mass is 19.3. The van der Waals surface area contributed by atoms with Crippen molar-refractivity contribution in [3.63, 3.8) is 0 Å². The second-order valence-electron chi connectivity index (χ2n) is 7.56. The van der Waals surface area contributed by atoms with Gasteiger partial charge >= 0.3 is 0 Å². The van der Waals surface area contributed by atoms with Crippen molar-refractivity contribution >= 4 is 11.6 Å². The van der Waals surface area contributed by atoms with Crippen LogP contribution in [0.4, 0.5) is 8.78 Å². The highest BCUT2D eigenvalue weighted by Gasteiger charge is 2.34. The molecular weight excluding hydrogens is 340 g/mol. The van der Waals surface area contributed by atoms with Gasteiger partial charge in [0.15, 0.2) is 5.65 Å². The topological polar surface area (TPSA) is 53.7 Å². The molecule has 0 N–H and O–H groups in total. The Kier molecular flexibility index (Phi) is 3.70. The van der Waals surface area contributed by atoms with Crippen LogP contribution in [0.5, 0.6) is 0 Å². The monoisotopic (exact) mass is 361 g/mol. The molecule has 6 nitrogen and oxygen atoms in total. The molecule has 5 rings (SSSR count). The predicted octanol–water partition coefficient (Wildman–Crippen LogP) is 2.46. The second-order valence-corrected chi connectivity index (χ2v) is 7.56. The zero-order valence-electron chi connectivity index (χ0n) is 14.4. The Morgan fingerprint density at radius 2 is 2.04 bits per heavy atom. The van der Waals surface area contributed by atoms with E-state index in [1.54, 1.807) is 0 Å². The first-order valence-corrected chi connectivity index (χ1v) is 9.32. The number of fused-ring (bicyclic) bond motifs is 2. The Morgan fingerprint density at radius 3 is 2.81 bits per heavy atom. The van der Waals surface area contributed by atoms with Crippen molar-refractivity contribution in [2.45, 2.75) is 44.1 Å². The van der Waals surface area contributed by atoms with Crippen molar-refractivity contribution in [3.05, 3.63) is 29.2 Å². The van der Waals surface area contributed by atoms with E-state index >= 15 is 0 Å². The van der Waals surface area contributed by atoms with Gasteiger partial charge in [-0.2, -0.15) is 5.10 Å². The van der Waals surface area contributed by atoms with E-state index in [4.69, 9.17) is 0 Å².